The summed E-state index contributed by atoms with van der Waals surface area (Å²) in [6.07, 6.45) is 0. The molecule has 0 unspecified atom stereocenters. The van der Waals surface area contributed by atoms with Gasteiger partial charge in [0.15, 0.2) is 11.5 Å². The second kappa shape index (κ2) is 7.92. The number of rotatable bonds is 7. The number of fused-ring (bicyclic) bond motifs is 1. The Balaban J connectivity index is 2.11. The van der Waals surface area contributed by atoms with Crippen LogP contribution < -0.4 is 18.9 Å². The molecule has 0 radical (unpaired) electrons. The van der Waals surface area contributed by atoms with Crippen LogP contribution in [0.1, 0.15) is 0 Å². The number of nitro groups is 2. The Kier molecular flexibility index (Phi) is 5.71. The minimum absolute atomic E-state index is 0.140. The van der Waals surface area contributed by atoms with E-state index in [1.54, 1.807) is 0 Å². The quantitative estimate of drug-likeness (QED) is 0.408. The van der Waals surface area contributed by atoms with E-state index in [1.165, 1.54) is 18.2 Å². The summed E-state index contributed by atoms with van der Waals surface area (Å²) in [5.41, 5.74) is -11.0. The third-order valence-electron chi connectivity index (χ3n) is 3.94. The Hall–Kier alpha value is -3.87. The number of alkyl halides is 3. The maximum Gasteiger partial charge on any atom is 0.516 e. The van der Waals surface area contributed by atoms with Gasteiger partial charge in [0.05, 0.1) is 15.5 Å². The highest BCUT2D eigenvalue weighted by Crippen LogP contribution is 2.40. The smallest absolute Gasteiger partial charge is 0.454 e. The maximum absolute atomic E-state index is 12.7. The fraction of sp³-hybridized carbons (Fsp3) is 0.143. The van der Waals surface area contributed by atoms with E-state index in [0.717, 1.165) is 4.72 Å². The number of anilines is 2. The normalized spacial score (nSPS) is 13.4. The zero-order valence-corrected chi connectivity index (χ0v) is 17.2. The molecule has 0 aromatic heterocycles. The maximum atomic E-state index is 12.7. The lowest BCUT2D eigenvalue weighted by atomic mass is 10.2. The van der Waals surface area contributed by atoms with E-state index < -0.39 is 57.4 Å². The van der Waals surface area contributed by atoms with Crippen molar-refractivity contribution in [3.63, 3.8) is 0 Å². The molecule has 2 aromatic carbocycles. The van der Waals surface area contributed by atoms with Crippen LogP contribution in [0.2, 0.25) is 0 Å². The van der Waals surface area contributed by atoms with Gasteiger partial charge in [-0.2, -0.15) is 21.6 Å². The molecule has 3 rings (SSSR count). The monoisotopic (exact) mass is 514 g/mol. The molecule has 2 aromatic rings. The minimum atomic E-state index is -6.32. The predicted octanol–water partition coefficient (Wildman–Crippen LogP) is 2.29. The van der Waals surface area contributed by atoms with Gasteiger partial charge in [-0.15, -0.1) is 0 Å². The van der Waals surface area contributed by atoms with Gasteiger partial charge in [-0.25, -0.2) is 8.42 Å². The van der Waals surface area contributed by atoms with Crippen molar-refractivity contribution >= 4 is 42.8 Å². The van der Waals surface area contributed by atoms with Crippen LogP contribution in [0.15, 0.2) is 35.2 Å². The predicted molar refractivity (Wildman–Crippen MR) is 102 cm³/mol. The topological polar surface area (TPSA) is 197 Å². The molecule has 14 nitrogen and oxygen atoms in total. The first-order valence-electron chi connectivity index (χ1n) is 8.11. The van der Waals surface area contributed by atoms with E-state index in [1.807, 2.05) is 4.72 Å². The summed E-state index contributed by atoms with van der Waals surface area (Å²) in [6, 6.07) is 4.03. The molecule has 0 aliphatic carbocycles. The first-order chi connectivity index (χ1) is 15.1. The Morgan fingerprint density at radius 1 is 0.879 bits per heavy atom. The van der Waals surface area contributed by atoms with E-state index in [4.69, 9.17) is 9.47 Å². The summed E-state index contributed by atoms with van der Waals surface area (Å²) in [7, 11) is -11.1. The first-order valence-corrected chi connectivity index (χ1v) is 11.1. The Labute approximate surface area is 181 Å². The molecule has 0 saturated carbocycles. The average molecular weight is 514 g/mol. The van der Waals surface area contributed by atoms with Crippen molar-refractivity contribution in [2.24, 2.45) is 0 Å². The molecule has 33 heavy (non-hydrogen) atoms. The molecule has 0 saturated heterocycles. The van der Waals surface area contributed by atoms with Crippen molar-refractivity contribution in [3.8, 4) is 11.5 Å². The lowest BCUT2D eigenvalue weighted by molar-refractivity contribution is -0.392. The van der Waals surface area contributed by atoms with Gasteiger partial charge in [0.25, 0.3) is 10.0 Å². The second-order valence-corrected chi connectivity index (χ2v) is 9.43. The Morgan fingerprint density at radius 3 is 1.94 bits per heavy atom. The lowest BCUT2D eigenvalue weighted by Gasteiger charge is -2.13. The molecule has 19 heteroatoms. The Morgan fingerprint density at radius 2 is 1.42 bits per heavy atom. The lowest BCUT2D eigenvalue weighted by Crippen LogP contribution is -2.30. The number of nitro benzene ring substituents is 2. The molecule has 0 atom stereocenters. The summed E-state index contributed by atoms with van der Waals surface area (Å²) in [5.74, 6) is 0.426. The van der Waals surface area contributed by atoms with Crippen LogP contribution >= 0.6 is 0 Å². The van der Waals surface area contributed by atoms with Crippen LogP contribution in [-0.2, 0) is 20.0 Å². The van der Waals surface area contributed by atoms with Crippen molar-refractivity contribution in [2.45, 2.75) is 10.4 Å². The van der Waals surface area contributed by atoms with Crippen LogP contribution in [-0.4, -0.2) is 39.0 Å². The first kappa shape index (κ1) is 23.8. The third-order valence-corrected chi connectivity index (χ3v) is 6.38. The van der Waals surface area contributed by atoms with Crippen LogP contribution in [0.25, 0.3) is 0 Å². The SMILES string of the molecule is O=[N+]([O-])c1cc(S(=O)(=O)Nc2ccc3c(c2)OCO3)cc([N+](=O)[O-])c1NS(=O)(=O)C(F)(F)F. The number of ether oxygens (including phenoxy) is 2. The molecule has 0 bridgehead atoms. The summed E-state index contributed by atoms with van der Waals surface area (Å²) < 4.78 is 98.8. The van der Waals surface area contributed by atoms with Crippen molar-refractivity contribution in [2.75, 3.05) is 16.2 Å². The molecule has 0 fully saturated rings. The van der Waals surface area contributed by atoms with Crippen molar-refractivity contribution in [1.29, 1.82) is 0 Å². The summed E-state index contributed by atoms with van der Waals surface area (Å²) in [6.45, 7) is -0.140. The summed E-state index contributed by atoms with van der Waals surface area (Å²) >= 11 is 0. The number of nitrogens with zero attached hydrogens (tertiary/aromatic N) is 2. The molecule has 0 amide bonds. The van der Waals surface area contributed by atoms with Gasteiger partial charge < -0.3 is 9.47 Å². The Bertz CT molecular complexity index is 1340. The van der Waals surface area contributed by atoms with E-state index in [2.05, 4.69) is 0 Å². The van der Waals surface area contributed by atoms with Crippen LogP contribution in [0, 0.1) is 20.2 Å². The van der Waals surface area contributed by atoms with Crippen molar-refractivity contribution in [3.05, 3.63) is 50.6 Å². The van der Waals surface area contributed by atoms with Crippen molar-refractivity contribution in [1.82, 2.24) is 0 Å². The van der Waals surface area contributed by atoms with Gasteiger partial charge in [-0.05, 0) is 12.1 Å². The number of sulfonamides is 2. The molecule has 2 N–H and O–H groups in total. The molecular formula is C14H9F3N4O10S2. The van der Waals surface area contributed by atoms with E-state index in [-0.39, 0.29) is 36.1 Å². The highest BCUT2D eigenvalue weighted by Gasteiger charge is 2.48. The molecular weight excluding hydrogens is 505 g/mol. The fourth-order valence-corrected chi connectivity index (χ4v) is 4.18. The summed E-state index contributed by atoms with van der Waals surface area (Å²) in [5, 5.41) is 22.6. The second-order valence-electron chi connectivity index (χ2n) is 6.08. The highest BCUT2D eigenvalue weighted by molar-refractivity contribution is 7.93. The van der Waals surface area contributed by atoms with Gasteiger partial charge in [-0.1, -0.05) is 0 Å². The van der Waals surface area contributed by atoms with Crippen LogP contribution in [0.3, 0.4) is 0 Å². The highest BCUT2D eigenvalue weighted by atomic mass is 32.2. The molecule has 178 valence electrons. The number of benzene rings is 2. The standard InChI is InChI=1S/C14H9F3N4O10S2/c15-14(16,17)33(28,29)19-13-9(20(22)23)4-8(5-10(13)21(24)25)32(26,27)18-7-1-2-11-12(3-7)31-6-30-11/h1-5,18-19H,6H2. The largest absolute Gasteiger partial charge is 0.516 e. The minimum Gasteiger partial charge on any atom is -0.454 e. The molecule has 0 spiro atoms. The number of nitrogens with one attached hydrogen (secondary N) is 2. The molecule has 1 aliphatic heterocycles. The average Bonchev–Trinajstić information content (AvgIpc) is 3.13. The molecule has 1 aliphatic rings. The number of halogens is 3. The van der Waals surface area contributed by atoms with E-state index in [9.17, 15) is 50.2 Å². The van der Waals surface area contributed by atoms with Crippen LogP contribution in [0.5, 0.6) is 11.5 Å². The number of hydrogen-bond acceptors (Lipinski definition) is 10. The van der Waals surface area contributed by atoms with E-state index in [0.29, 0.717) is 0 Å². The summed E-state index contributed by atoms with van der Waals surface area (Å²) in [4.78, 5) is 18.6. The fourth-order valence-electron chi connectivity index (χ4n) is 2.50. The zero-order valence-electron chi connectivity index (χ0n) is 15.5. The van der Waals surface area contributed by atoms with Crippen LogP contribution in [0.4, 0.5) is 35.9 Å². The van der Waals surface area contributed by atoms with Gasteiger partial charge in [-0.3, -0.25) is 29.7 Å². The molecule has 1 heterocycles. The van der Waals surface area contributed by atoms with Gasteiger partial charge in [0.1, 0.15) is 4.90 Å². The van der Waals surface area contributed by atoms with Gasteiger partial charge in [0, 0.05) is 18.2 Å². The van der Waals surface area contributed by atoms with Gasteiger partial charge in [0.2, 0.25) is 12.5 Å². The number of hydrogen-bond donors (Lipinski definition) is 2. The zero-order chi connectivity index (χ0) is 24.8. The van der Waals surface area contributed by atoms with Crippen molar-refractivity contribution < 1.29 is 49.3 Å². The van der Waals surface area contributed by atoms with Gasteiger partial charge >= 0.3 is 26.9 Å². The third kappa shape index (κ3) is 4.67. The van der Waals surface area contributed by atoms with E-state index >= 15 is 0 Å².